The zero-order chi connectivity index (χ0) is 15.0. The van der Waals surface area contributed by atoms with Gasteiger partial charge in [-0.15, -0.1) is 0 Å². The molecule has 1 N–H and O–H groups in total. The normalized spacial score (nSPS) is 23.5. The van der Waals surface area contributed by atoms with Gasteiger partial charge in [0.25, 0.3) is 0 Å². The molecule has 1 fully saturated rings. The molecule has 1 aliphatic rings. The number of hydrogen-bond donors (Lipinski definition) is 1. The van der Waals surface area contributed by atoms with E-state index in [2.05, 4.69) is 52.1 Å². The Morgan fingerprint density at radius 1 is 1.05 bits per heavy atom. The van der Waals surface area contributed by atoms with Gasteiger partial charge in [-0.1, -0.05) is 51.4 Å². The minimum atomic E-state index is 0.377. The first-order valence-corrected chi connectivity index (χ1v) is 8.06. The molecule has 0 radical (unpaired) electrons. The molecule has 0 heterocycles. The molecule has 1 nitrogen and oxygen atoms in total. The molecule has 2 rings (SSSR count). The van der Waals surface area contributed by atoms with Crippen LogP contribution in [-0.4, -0.2) is 6.04 Å². The molecule has 1 atom stereocenters. The molecule has 0 aromatic heterocycles. The summed E-state index contributed by atoms with van der Waals surface area (Å²) in [4.78, 5) is 0. The molecule has 0 bridgehead atoms. The molecule has 1 saturated carbocycles. The largest absolute Gasteiger partial charge is 0.307 e. The van der Waals surface area contributed by atoms with E-state index in [0.717, 1.165) is 5.02 Å². The van der Waals surface area contributed by atoms with Crippen molar-refractivity contribution in [2.45, 2.75) is 66.0 Å². The van der Waals surface area contributed by atoms with Crippen molar-refractivity contribution in [3.63, 3.8) is 0 Å². The first-order chi connectivity index (χ1) is 9.17. The molecule has 112 valence electrons. The molecular formula is C18H28ClN. The highest BCUT2D eigenvalue weighted by Gasteiger charge is 2.38. The van der Waals surface area contributed by atoms with E-state index < -0.39 is 0 Å². The quantitative estimate of drug-likeness (QED) is 0.765. The van der Waals surface area contributed by atoms with Gasteiger partial charge in [-0.05, 0) is 54.7 Å². The van der Waals surface area contributed by atoms with Crippen LogP contribution in [-0.2, 0) is 0 Å². The van der Waals surface area contributed by atoms with E-state index in [4.69, 9.17) is 11.6 Å². The molecule has 0 spiro atoms. The summed E-state index contributed by atoms with van der Waals surface area (Å²) in [5.41, 5.74) is 2.17. The molecule has 0 saturated heterocycles. The Morgan fingerprint density at radius 3 is 2.05 bits per heavy atom. The molecular weight excluding hydrogens is 266 g/mol. The lowest BCUT2D eigenvalue weighted by atomic mass is 9.63. The van der Waals surface area contributed by atoms with Crippen molar-refractivity contribution >= 4 is 11.6 Å². The third-order valence-electron chi connectivity index (χ3n) is 4.41. The number of nitrogens with one attached hydrogen (secondary N) is 1. The van der Waals surface area contributed by atoms with Crippen molar-refractivity contribution in [1.29, 1.82) is 0 Å². The maximum Gasteiger partial charge on any atom is 0.0406 e. The average Bonchev–Trinajstić information content (AvgIpc) is 2.25. The van der Waals surface area contributed by atoms with Crippen molar-refractivity contribution in [3.05, 3.63) is 34.9 Å². The van der Waals surface area contributed by atoms with Gasteiger partial charge in [-0.25, -0.2) is 0 Å². The molecule has 2 heteroatoms. The molecule has 1 aromatic rings. The van der Waals surface area contributed by atoms with E-state index in [1.165, 1.54) is 24.8 Å². The summed E-state index contributed by atoms with van der Waals surface area (Å²) < 4.78 is 0. The standard InChI is InChI=1S/C18H28ClN/c1-13(14-6-8-15(19)9-7-14)20-16-10-17(2,3)12-18(4,5)11-16/h6-9,13,16,20H,10-12H2,1-5H3/t13-/m0/s1. The fourth-order valence-electron chi connectivity index (χ4n) is 4.17. The van der Waals surface area contributed by atoms with Crippen LogP contribution in [0.15, 0.2) is 24.3 Å². The van der Waals surface area contributed by atoms with E-state index in [9.17, 15) is 0 Å². The Labute approximate surface area is 129 Å². The van der Waals surface area contributed by atoms with Gasteiger partial charge in [0, 0.05) is 17.1 Å². The van der Waals surface area contributed by atoms with E-state index in [1.807, 2.05) is 12.1 Å². The van der Waals surface area contributed by atoms with Crippen LogP contribution >= 0.6 is 11.6 Å². The van der Waals surface area contributed by atoms with Crippen LogP contribution in [0.4, 0.5) is 0 Å². The molecule has 20 heavy (non-hydrogen) atoms. The van der Waals surface area contributed by atoms with Gasteiger partial charge in [0.2, 0.25) is 0 Å². The van der Waals surface area contributed by atoms with E-state index >= 15 is 0 Å². The van der Waals surface area contributed by atoms with Crippen molar-refractivity contribution in [2.75, 3.05) is 0 Å². The summed E-state index contributed by atoms with van der Waals surface area (Å²) >= 11 is 5.96. The lowest BCUT2D eigenvalue weighted by Gasteiger charge is -2.46. The van der Waals surface area contributed by atoms with Crippen molar-refractivity contribution in [3.8, 4) is 0 Å². The second kappa shape index (κ2) is 5.69. The van der Waals surface area contributed by atoms with Crippen molar-refractivity contribution < 1.29 is 0 Å². The van der Waals surface area contributed by atoms with Gasteiger partial charge in [0.1, 0.15) is 0 Å². The van der Waals surface area contributed by atoms with Gasteiger partial charge in [-0.2, -0.15) is 0 Å². The Morgan fingerprint density at radius 2 is 1.55 bits per heavy atom. The third kappa shape index (κ3) is 4.23. The Kier molecular flexibility index (Phi) is 4.51. The summed E-state index contributed by atoms with van der Waals surface area (Å²) in [5, 5.41) is 4.63. The Hall–Kier alpha value is -0.530. The van der Waals surface area contributed by atoms with E-state index in [0.29, 0.717) is 22.9 Å². The van der Waals surface area contributed by atoms with Crippen molar-refractivity contribution in [1.82, 2.24) is 5.32 Å². The van der Waals surface area contributed by atoms with Crippen LogP contribution in [0.1, 0.15) is 65.5 Å². The predicted octanol–water partition coefficient (Wildman–Crippen LogP) is 5.60. The zero-order valence-corrected chi connectivity index (χ0v) is 14.2. The van der Waals surface area contributed by atoms with E-state index in [-0.39, 0.29) is 0 Å². The maximum atomic E-state index is 5.96. The van der Waals surface area contributed by atoms with Gasteiger partial charge in [-0.3, -0.25) is 0 Å². The summed E-state index contributed by atoms with van der Waals surface area (Å²) in [6.07, 6.45) is 3.83. The topological polar surface area (TPSA) is 12.0 Å². The van der Waals surface area contributed by atoms with Gasteiger partial charge >= 0.3 is 0 Å². The smallest absolute Gasteiger partial charge is 0.0406 e. The minimum absolute atomic E-state index is 0.377. The van der Waals surface area contributed by atoms with Crippen LogP contribution in [0, 0.1) is 10.8 Å². The Balaban J connectivity index is 2.03. The van der Waals surface area contributed by atoms with Gasteiger partial charge in [0.15, 0.2) is 0 Å². The van der Waals surface area contributed by atoms with Crippen LogP contribution in [0.3, 0.4) is 0 Å². The SMILES string of the molecule is C[C@H](NC1CC(C)(C)CC(C)(C)C1)c1ccc(Cl)cc1. The fraction of sp³-hybridized carbons (Fsp3) is 0.667. The third-order valence-corrected chi connectivity index (χ3v) is 4.66. The van der Waals surface area contributed by atoms with Crippen molar-refractivity contribution in [2.24, 2.45) is 10.8 Å². The number of rotatable bonds is 3. The lowest BCUT2D eigenvalue weighted by molar-refractivity contribution is 0.0811. The van der Waals surface area contributed by atoms with Crippen LogP contribution in [0.5, 0.6) is 0 Å². The number of benzene rings is 1. The molecule has 1 aromatic carbocycles. The monoisotopic (exact) mass is 293 g/mol. The highest BCUT2D eigenvalue weighted by atomic mass is 35.5. The molecule has 1 aliphatic carbocycles. The first-order valence-electron chi connectivity index (χ1n) is 7.68. The minimum Gasteiger partial charge on any atom is -0.307 e. The van der Waals surface area contributed by atoms with Crippen LogP contribution in [0.2, 0.25) is 5.02 Å². The Bertz CT molecular complexity index is 431. The van der Waals surface area contributed by atoms with Gasteiger partial charge < -0.3 is 5.32 Å². The van der Waals surface area contributed by atoms with E-state index in [1.54, 1.807) is 0 Å². The first kappa shape index (κ1) is 15.9. The highest BCUT2D eigenvalue weighted by Crippen LogP contribution is 2.46. The molecule has 0 amide bonds. The fourth-order valence-corrected chi connectivity index (χ4v) is 4.29. The van der Waals surface area contributed by atoms with Gasteiger partial charge in [0.05, 0.1) is 0 Å². The summed E-state index contributed by atoms with van der Waals surface area (Å²) in [5.74, 6) is 0. The summed E-state index contributed by atoms with van der Waals surface area (Å²) in [6, 6.07) is 9.17. The second-order valence-electron chi connectivity index (χ2n) is 8.05. The highest BCUT2D eigenvalue weighted by molar-refractivity contribution is 6.30. The zero-order valence-electron chi connectivity index (χ0n) is 13.5. The predicted molar refractivity (Wildman–Crippen MR) is 88.2 cm³/mol. The van der Waals surface area contributed by atoms with Crippen LogP contribution < -0.4 is 5.32 Å². The number of hydrogen-bond acceptors (Lipinski definition) is 1. The maximum absolute atomic E-state index is 5.96. The number of halogens is 1. The summed E-state index contributed by atoms with van der Waals surface area (Å²) in [6.45, 7) is 11.8. The second-order valence-corrected chi connectivity index (χ2v) is 8.49. The lowest BCUT2D eigenvalue weighted by Crippen LogP contribution is -2.44. The van der Waals surface area contributed by atoms with Crippen LogP contribution in [0.25, 0.3) is 0 Å². The molecule has 0 unspecified atom stereocenters. The average molecular weight is 294 g/mol. The molecule has 0 aliphatic heterocycles. The summed E-state index contributed by atoms with van der Waals surface area (Å²) in [7, 11) is 0.